The summed E-state index contributed by atoms with van der Waals surface area (Å²) in [4.78, 5) is 0. The van der Waals surface area contributed by atoms with Crippen molar-refractivity contribution in [3.63, 3.8) is 0 Å². The number of benzene rings is 2. The molecule has 0 saturated carbocycles. The van der Waals surface area contributed by atoms with Crippen molar-refractivity contribution in [2.45, 2.75) is 43.1 Å². The molecule has 0 radical (unpaired) electrons. The number of halogens is 1. The van der Waals surface area contributed by atoms with E-state index in [2.05, 4.69) is 65.2 Å². The van der Waals surface area contributed by atoms with Crippen LogP contribution in [0.25, 0.3) is 0 Å². The van der Waals surface area contributed by atoms with E-state index in [4.69, 9.17) is 0 Å². The highest BCUT2D eigenvalue weighted by molar-refractivity contribution is 14.1. The van der Waals surface area contributed by atoms with Gasteiger partial charge in [-0.25, -0.2) is 0 Å². The molecule has 128 valence electrons. The first-order valence-electron chi connectivity index (χ1n) is 8.82. The zero-order chi connectivity index (χ0) is 17.1. The molecule has 1 aliphatic carbocycles. The Balaban J connectivity index is 2.16. The van der Waals surface area contributed by atoms with Crippen LogP contribution in [0, 0.1) is 5.92 Å². The van der Waals surface area contributed by atoms with E-state index in [0.717, 1.165) is 16.5 Å². The second-order valence-electron chi connectivity index (χ2n) is 6.73. The number of fused-ring (bicyclic) bond motifs is 1. The first-order chi connectivity index (χ1) is 11.7. The molecule has 2 nitrogen and oxygen atoms in total. The largest absolute Gasteiger partial charge is 0.508 e. The van der Waals surface area contributed by atoms with E-state index in [1.807, 2.05) is 13.1 Å². The fourth-order valence-electron chi connectivity index (χ4n) is 4.13. The summed E-state index contributed by atoms with van der Waals surface area (Å²) >= 11 is 2.32. The Morgan fingerprint density at radius 1 is 1.17 bits per heavy atom. The van der Waals surface area contributed by atoms with Crippen LogP contribution in [0.5, 0.6) is 5.75 Å². The Hall–Kier alpha value is -1.07. The average Bonchev–Trinajstić information content (AvgIpc) is 2.62. The van der Waals surface area contributed by atoms with E-state index < -0.39 is 0 Å². The van der Waals surface area contributed by atoms with Crippen molar-refractivity contribution >= 4 is 22.6 Å². The number of aromatic hydroxyl groups is 1. The number of alkyl halides is 1. The number of phenols is 1. The number of phenolic OH excluding ortho intramolecular Hbond substituents is 1. The van der Waals surface area contributed by atoms with Gasteiger partial charge in [0.15, 0.2) is 0 Å². The third kappa shape index (κ3) is 3.33. The highest BCUT2D eigenvalue weighted by Gasteiger charge is 2.31. The maximum absolute atomic E-state index is 10.5. The van der Waals surface area contributed by atoms with Gasteiger partial charge in [0.1, 0.15) is 5.75 Å². The molecule has 3 rings (SSSR count). The van der Waals surface area contributed by atoms with Crippen LogP contribution in [-0.4, -0.2) is 12.2 Å². The zero-order valence-electron chi connectivity index (χ0n) is 14.5. The van der Waals surface area contributed by atoms with Gasteiger partial charge in [-0.2, -0.15) is 0 Å². The van der Waals surface area contributed by atoms with Crippen LogP contribution in [0.4, 0.5) is 0 Å². The number of hydrogen-bond acceptors (Lipinski definition) is 2. The van der Waals surface area contributed by atoms with E-state index in [9.17, 15) is 5.11 Å². The van der Waals surface area contributed by atoms with Gasteiger partial charge in [0.25, 0.3) is 0 Å². The SMILES string of the molecule is CCC1CCc2ccccc2C1c1cc(O)c(CI)cc1CNC. The fourth-order valence-corrected chi connectivity index (χ4v) is 4.74. The van der Waals surface area contributed by atoms with Crippen LogP contribution in [0.3, 0.4) is 0 Å². The number of rotatable bonds is 5. The predicted octanol–water partition coefficient (Wildman–Crippen LogP) is 5.15. The van der Waals surface area contributed by atoms with Crippen LogP contribution in [0.1, 0.15) is 53.5 Å². The average molecular weight is 435 g/mol. The summed E-state index contributed by atoms with van der Waals surface area (Å²) < 4.78 is 0.832. The van der Waals surface area contributed by atoms with Gasteiger partial charge in [-0.15, -0.1) is 0 Å². The maximum atomic E-state index is 10.5. The first-order valence-corrected chi connectivity index (χ1v) is 10.3. The summed E-state index contributed by atoms with van der Waals surface area (Å²) in [5.74, 6) is 1.47. The lowest BCUT2D eigenvalue weighted by molar-refractivity contribution is 0.393. The molecule has 0 fully saturated rings. The summed E-state index contributed by atoms with van der Waals surface area (Å²) in [7, 11) is 1.99. The van der Waals surface area contributed by atoms with E-state index in [1.165, 1.54) is 41.5 Å². The van der Waals surface area contributed by atoms with E-state index in [1.54, 1.807) is 0 Å². The Bertz CT molecular complexity index is 713. The Morgan fingerprint density at radius 2 is 1.96 bits per heavy atom. The third-order valence-electron chi connectivity index (χ3n) is 5.36. The van der Waals surface area contributed by atoms with Gasteiger partial charge in [0.05, 0.1) is 0 Å². The van der Waals surface area contributed by atoms with Gasteiger partial charge in [0, 0.05) is 22.5 Å². The monoisotopic (exact) mass is 435 g/mol. The zero-order valence-corrected chi connectivity index (χ0v) is 16.6. The van der Waals surface area contributed by atoms with E-state index in [0.29, 0.717) is 17.6 Å². The molecule has 0 saturated heterocycles. The predicted molar refractivity (Wildman–Crippen MR) is 109 cm³/mol. The van der Waals surface area contributed by atoms with Crippen molar-refractivity contribution in [3.8, 4) is 5.75 Å². The van der Waals surface area contributed by atoms with Gasteiger partial charge >= 0.3 is 0 Å². The molecule has 1 aliphatic rings. The number of hydrogen-bond donors (Lipinski definition) is 2. The first kappa shape index (κ1) is 17.7. The summed E-state index contributed by atoms with van der Waals surface area (Å²) in [5.41, 5.74) is 6.58. The summed E-state index contributed by atoms with van der Waals surface area (Å²) in [6.45, 7) is 3.14. The highest BCUT2D eigenvalue weighted by atomic mass is 127. The van der Waals surface area contributed by atoms with Crippen molar-refractivity contribution in [2.75, 3.05) is 7.05 Å². The van der Waals surface area contributed by atoms with Crippen molar-refractivity contribution in [2.24, 2.45) is 5.92 Å². The van der Waals surface area contributed by atoms with Crippen molar-refractivity contribution in [3.05, 3.63) is 64.2 Å². The number of nitrogens with one attached hydrogen (secondary N) is 1. The summed E-state index contributed by atoms with van der Waals surface area (Å²) in [6, 6.07) is 13.1. The van der Waals surface area contributed by atoms with Crippen LogP contribution in [0.15, 0.2) is 36.4 Å². The van der Waals surface area contributed by atoms with Crippen LogP contribution < -0.4 is 5.32 Å². The lowest BCUT2D eigenvalue weighted by atomic mass is 9.70. The highest BCUT2D eigenvalue weighted by Crippen LogP contribution is 2.44. The van der Waals surface area contributed by atoms with Crippen LogP contribution >= 0.6 is 22.6 Å². The van der Waals surface area contributed by atoms with Crippen LogP contribution in [-0.2, 0) is 17.4 Å². The smallest absolute Gasteiger partial charge is 0.119 e. The van der Waals surface area contributed by atoms with Crippen molar-refractivity contribution in [1.29, 1.82) is 0 Å². The van der Waals surface area contributed by atoms with Gasteiger partial charge < -0.3 is 10.4 Å². The standard InChI is InChI=1S/C21H26INO/c1-3-14-8-9-15-6-4-5-7-18(15)21(14)19-11-20(24)16(12-22)10-17(19)13-23-2/h4-7,10-11,14,21,23-24H,3,8-9,12-13H2,1-2H3. The Kier molecular flexibility index (Phi) is 5.82. The minimum atomic E-state index is 0.387. The Morgan fingerprint density at radius 3 is 2.67 bits per heavy atom. The van der Waals surface area contributed by atoms with Crippen LogP contribution in [0.2, 0.25) is 0 Å². The minimum Gasteiger partial charge on any atom is -0.508 e. The van der Waals surface area contributed by atoms with Gasteiger partial charge in [-0.05, 0) is 60.2 Å². The molecule has 0 aliphatic heterocycles. The molecule has 0 spiro atoms. The molecule has 0 amide bonds. The molecular formula is C21H26INO. The molecule has 2 aromatic carbocycles. The van der Waals surface area contributed by atoms with Gasteiger partial charge in [-0.1, -0.05) is 60.2 Å². The second kappa shape index (κ2) is 7.87. The fraction of sp³-hybridized carbons (Fsp3) is 0.429. The second-order valence-corrected chi connectivity index (χ2v) is 7.49. The van der Waals surface area contributed by atoms with E-state index in [-0.39, 0.29) is 0 Å². The topological polar surface area (TPSA) is 32.3 Å². The van der Waals surface area contributed by atoms with E-state index >= 15 is 0 Å². The molecule has 2 unspecified atom stereocenters. The Labute approximate surface area is 158 Å². The molecule has 24 heavy (non-hydrogen) atoms. The maximum Gasteiger partial charge on any atom is 0.119 e. The molecule has 3 heteroatoms. The lowest BCUT2D eigenvalue weighted by Gasteiger charge is -2.35. The quantitative estimate of drug-likeness (QED) is 0.503. The molecule has 0 heterocycles. The van der Waals surface area contributed by atoms with Gasteiger partial charge in [-0.3, -0.25) is 0 Å². The van der Waals surface area contributed by atoms with Gasteiger partial charge in [0.2, 0.25) is 0 Å². The number of aryl methyl sites for hydroxylation is 1. The molecule has 2 atom stereocenters. The molecule has 2 N–H and O–H groups in total. The molecular weight excluding hydrogens is 409 g/mol. The molecule has 0 aromatic heterocycles. The van der Waals surface area contributed by atoms with Crippen molar-refractivity contribution < 1.29 is 5.11 Å². The third-order valence-corrected chi connectivity index (χ3v) is 6.18. The normalized spacial score (nSPS) is 20.0. The van der Waals surface area contributed by atoms with Crippen molar-refractivity contribution in [1.82, 2.24) is 5.32 Å². The lowest BCUT2D eigenvalue weighted by Crippen LogP contribution is -2.23. The molecule has 2 aromatic rings. The molecule has 0 bridgehead atoms. The summed E-state index contributed by atoms with van der Waals surface area (Å²) in [5, 5.41) is 13.8. The minimum absolute atomic E-state index is 0.387. The summed E-state index contributed by atoms with van der Waals surface area (Å²) in [6.07, 6.45) is 3.57.